The van der Waals surface area contributed by atoms with Gasteiger partial charge in [0.05, 0.1) is 28.7 Å². The van der Waals surface area contributed by atoms with Gasteiger partial charge in [0, 0.05) is 5.69 Å². The maximum Gasteiger partial charge on any atom is 0.339 e. The molecule has 0 unspecified atom stereocenters. The van der Waals surface area contributed by atoms with E-state index in [0.717, 1.165) is 33.0 Å². The van der Waals surface area contributed by atoms with Crippen LogP contribution in [0.4, 0.5) is 10.5 Å². The quantitative estimate of drug-likeness (QED) is 0.134. The van der Waals surface area contributed by atoms with Crippen LogP contribution in [0.2, 0.25) is 5.02 Å². The van der Waals surface area contributed by atoms with E-state index in [2.05, 4.69) is 29.6 Å². The number of esters is 1. The van der Waals surface area contributed by atoms with Crippen molar-refractivity contribution in [1.29, 1.82) is 0 Å². The van der Waals surface area contributed by atoms with E-state index in [1.165, 1.54) is 18.2 Å². The second-order valence-electron chi connectivity index (χ2n) is 9.84. The van der Waals surface area contributed by atoms with Crippen LogP contribution in [0, 0.1) is 0 Å². The van der Waals surface area contributed by atoms with Crippen LogP contribution in [-0.2, 0) is 20.9 Å². The number of thioether (sulfide) groups is 1. The molecule has 1 heterocycles. The Bertz CT molecular complexity index is 1820. The van der Waals surface area contributed by atoms with Crippen LogP contribution < -0.4 is 14.8 Å². The zero-order valence-corrected chi connectivity index (χ0v) is 26.1. The number of imide groups is 1. The van der Waals surface area contributed by atoms with E-state index in [4.69, 9.17) is 25.8 Å². The van der Waals surface area contributed by atoms with E-state index in [0.29, 0.717) is 30.3 Å². The van der Waals surface area contributed by atoms with Crippen molar-refractivity contribution in [2.45, 2.75) is 20.5 Å². The third kappa shape index (κ3) is 7.65. The number of fused-ring (bicyclic) bond motifs is 1. The number of hydrogen-bond donors (Lipinski definition) is 1. The average molecular weight is 645 g/mol. The van der Waals surface area contributed by atoms with E-state index in [9.17, 15) is 19.2 Å². The van der Waals surface area contributed by atoms with Crippen LogP contribution in [0.15, 0.2) is 83.8 Å². The van der Waals surface area contributed by atoms with Crippen LogP contribution in [-0.4, -0.2) is 47.7 Å². The van der Waals surface area contributed by atoms with Crippen LogP contribution in [0.5, 0.6) is 11.5 Å². The molecule has 0 radical (unpaired) electrons. The molecule has 0 aromatic heterocycles. The van der Waals surface area contributed by atoms with Crippen LogP contribution in [0.1, 0.15) is 35.3 Å². The summed E-state index contributed by atoms with van der Waals surface area (Å²) in [6.07, 6.45) is 1.57. The van der Waals surface area contributed by atoms with Crippen molar-refractivity contribution in [3.63, 3.8) is 0 Å². The van der Waals surface area contributed by atoms with E-state index >= 15 is 0 Å². The third-order valence-electron chi connectivity index (χ3n) is 6.69. The topological polar surface area (TPSA) is 111 Å². The van der Waals surface area contributed by atoms with Gasteiger partial charge in [-0.1, -0.05) is 54.1 Å². The zero-order valence-electron chi connectivity index (χ0n) is 24.5. The number of halogens is 1. The first-order valence-electron chi connectivity index (χ1n) is 14.1. The van der Waals surface area contributed by atoms with Crippen LogP contribution >= 0.6 is 23.4 Å². The third-order valence-corrected chi connectivity index (χ3v) is 7.93. The Hall–Kier alpha value is -4.80. The van der Waals surface area contributed by atoms with Gasteiger partial charge in [0.15, 0.2) is 11.5 Å². The molecule has 3 amide bonds. The number of carbonyl (C=O) groups is 4. The first-order valence-corrected chi connectivity index (χ1v) is 15.3. The van der Waals surface area contributed by atoms with Crippen molar-refractivity contribution in [3.05, 3.63) is 105 Å². The Labute approximate surface area is 269 Å². The molecular weight excluding hydrogens is 616 g/mol. The van der Waals surface area contributed by atoms with E-state index in [1.54, 1.807) is 31.2 Å². The van der Waals surface area contributed by atoms with Gasteiger partial charge in [-0.15, -0.1) is 0 Å². The zero-order chi connectivity index (χ0) is 31.9. The summed E-state index contributed by atoms with van der Waals surface area (Å²) in [5, 5.41) is 4.45. The molecule has 230 valence electrons. The lowest BCUT2D eigenvalue weighted by Gasteiger charge is -2.14. The lowest BCUT2D eigenvalue weighted by Crippen LogP contribution is -2.36. The molecule has 0 aliphatic carbocycles. The first kappa shape index (κ1) is 31.6. The van der Waals surface area contributed by atoms with Crippen molar-refractivity contribution >= 4 is 68.9 Å². The molecule has 0 atom stereocenters. The molecular formula is C34H29ClN2O7S. The SMILES string of the molecule is CCOC(=O)c1cc(NC(=O)CN2C(=O)S/C(=C/c3ccc(OCc4ccc5ccccc5c4)c(OCC)c3)C2=O)ccc1Cl. The van der Waals surface area contributed by atoms with Crippen molar-refractivity contribution < 1.29 is 33.4 Å². The highest BCUT2D eigenvalue weighted by atomic mass is 35.5. The number of hydrogen-bond acceptors (Lipinski definition) is 8. The number of nitrogens with one attached hydrogen (secondary N) is 1. The summed E-state index contributed by atoms with van der Waals surface area (Å²) in [6, 6.07) is 23.8. The number of benzene rings is 4. The van der Waals surface area contributed by atoms with E-state index in [-0.39, 0.29) is 27.8 Å². The largest absolute Gasteiger partial charge is 0.490 e. The summed E-state index contributed by atoms with van der Waals surface area (Å²) >= 11 is 6.82. The van der Waals surface area contributed by atoms with Crippen LogP contribution in [0.3, 0.4) is 0 Å². The summed E-state index contributed by atoms with van der Waals surface area (Å²) in [5.41, 5.74) is 1.98. The summed E-state index contributed by atoms with van der Waals surface area (Å²) in [5.74, 6) is -0.817. The lowest BCUT2D eigenvalue weighted by molar-refractivity contribution is -0.127. The van der Waals surface area contributed by atoms with Crippen LogP contribution in [0.25, 0.3) is 16.8 Å². The summed E-state index contributed by atoms with van der Waals surface area (Å²) in [7, 11) is 0. The standard InChI is InChI=1S/C34H29ClN2O7S/c1-3-42-29-16-21(10-14-28(29)44-20-22-9-11-23-7-5-6-8-24(23)15-22)17-30-32(39)37(34(41)45-30)19-31(38)36-25-12-13-27(35)26(18-25)33(40)43-4-2/h5-18H,3-4,19-20H2,1-2H3,(H,36,38)/b30-17+. The molecule has 1 aliphatic rings. The molecule has 0 spiro atoms. The Morgan fingerprint density at radius 1 is 0.889 bits per heavy atom. The molecule has 4 aromatic carbocycles. The fraction of sp³-hybridized carbons (Fsp3) is 0.176. The number of amides is 3. The highest BCUT2D eigenvalue weighted by Gasteiger charge is 2.36. The Morgan fingerprint density at radius 2 is 1.69 bits per heavy atom. The van der Waals surface area contributed by atoms with E-state index in [1.807, 2.05) is 25.1 Å². The van der Waals surface area contributed by atoms with Gasteiger partial charge in [0.25, 0.3) is 11.1 Å². The second-order valence-corrected chi connectivity index (χ2v) is 11.2. The molecule has 5 rings (SSSR count). The molecule has 1 saturated heterocycles. The average Bonchev–Trinajstić information content (AvgIpc) is 3.28. The maximum absolute atomic E-state index is 13.1. The first-order chi connectivity index (χ1) is 21.7. The van der Waals surface area contributed by atoms with Gasteiger partial charge >= 0.3 is 5.97 Å². The predicted octanol–water partition coefficient (Wildman–Crippen LogP) is 7.32. The van der Waals surface area contributed by atoms with Gasteiger partial charge < -0.3 is 19.5 Å². The van der Waals surface area contributed by atoms with Gasteiger partial charge in [-0.3, -0.25) is 19.3 Å². The summed E-state index contributed by atoms with van der Waals surface area (Å²) < 4.78 is 16.9. The van der Waals surface area contributed by atoms with Crippen molar-refractivity contribution in [2.24, 2.45) is 0 Å². The molecule has 11 heteroatoms. The fourth-order valence-electron chi connectivity index (χ4n) is 4.59. The van der Waals surface area contributed by atoms with Gasteiger partial charge in [0.1, 0.15) is 13.2 Å². The monoisotopic (exact) mass is 644 g/mol. The molecule has 1 fully saturated rings. The second kappa shape index (κ2) is 14.3. The molecule has 0 saturated carbocycles. The maximum atomic E-state index is 13.1. The number of nitrogens with zero attached hydrogens (tertiary/aromatic N) is 1. The van der Waals surface area contributed by atoms with Crippen molar-refractivity contribution in [2.75, 3.05) is 25.1 Å². The number of rotatable bonds is 11. The minimum Gasteiger partial charge on any atom is -0.490 e. The smallest absolute Gasteiger partial charge is 0.339 e. The molecule has 1 N–H and O–H groups in total. The molecule has 9 nitrogen and oxygen atoms in total. The fourth-order valence-corrected chi connectivity index (χ4v) is 5.62. The number of ether oxygens (including phenoxy) is 3. The van der Waals surface area contributed by atoms with E-state index < -0.39 is 29.6 Å². The van der Waals surface area contributed by atoms with Crippen molar-refractivity contribution in [3.8, 4) is 11.5 Å². The highest BCUT2D eigenvalue weighted by molar-refractivity contribution is 8.18. The number of anilines is 1. The Kier molecular flexibility index (Phi) is 10.1. The van der Waals surface area contributed by atoms with Gasteiger partial charge in [0.2, 0.25) is 5.91 Å². The minimum atomic E-state index is -0.633. The van der Waals surface area contributed by atoms with Gasteiger partial charge in [-0.05, 0) is 90.0 Å². The normalized spacial score (nSPS) is 13.8. The lowest BCUT2D eigenvalue weighted by atomic mass is 10.1. The number of carbonyl (C=O) groups excluding carboxylic acids is 4. The van der Waals surface area contributed by atoms with Gasteiger partial charge in [-0.25, -0.2) is 4.79 Å². The molecule has 1 aliphatic heterocycles. The molecule has 4 aromatic rings. The van der Waals surface area contributed by atoms with Crippen molar-refractivity contribution in [1.82, 2.24) is 4.90 Å². The molecule has 0 bridgehead atoms. The predicted molar refractivity (Wildman–Crippen MR) is 175 cm³/mol. The van der Waals surface area contributed by atoms with Gasteiger partial charge in [-0.2, -0.15) is 0 Å². The Morgan fingerprint density at radius 3 is 2.47 bits per heavy atom. The Balaban J connectivity index is 1.25. The highest BCUT2D eigenvalue weighted by Crippen LogP contribution is 2.35. The summed E-state index contributed by atoms with van der Waals surface area (Å²) in [4.78, 5) is 51.7. The molecule has 45 heavy (non-hydrogen) atoms. The summed E-state index contributed by atoms with van der Waals surface area (Å²) in [6.45, 7) is 3.91. The minimum absolute atomic E-state index is 0.0851.